The van der Waals surface area contributed by atoms with Crippen LogP contribution >= 0.6 is 0 Å². The zero-order valence-electron chi connectivity index (χ0n) is 17.6. The molecule has 9 nitrogen and oxygen atoms in total. The van der Waals surface area contributed by atoms with Crippen molar-refractivity contribution in [3.8, 4) is 17.3 Å². The first kappa shape index (κ1) is 20.5. The van der Waals surface area contributed by atoms with Gasteiger partial charge in [-0.15, -0.1) is 0 Å². The lowest BCUT2D eigenvalue weighted by Gasteiger charge is -2.47. The van der Waals surface area contributed by atoms with E-state index in [4.69, 9.17) is 0 Å². The Bertz CT molecular complexity index is 1240. The molecule has 0 unspecified atom stereocenters. The molecular weight excluding hydrogens is 402 g/mol. The average Bonchev–Trinajstić information content (AvgIpc) is 3.30. The minimum atomic E-state index is -3.28. The summed E-state index contributed by atoms with van der Waals surface area (Å²) in [6, 6.07) is 4.18. The number of nitrogens with zero attached hydrogens (tertiary/aromatic N) is 7. The van der Waals surface area contributed by atoms with Gasteiger partial charge in [-0.2, -0.15) is 14.7 Å². The summed E-state index contributed by atoms with van der Waals surface area (Å²) in [5, 5.41) is 14.7. The van der Waals surface area contributed by atoms with Gasteiger partial charge in [0.2, 0.25) is 10.0 Å². The molecule has 30 heavy (non-hydrogen) atoms. The van der Waals surface area contributed by atoms with E-state index in [-0.39, 0.29) is 30.8 Å². The van der Waals surface area contributed by atoms with Gasteiger partial charge in [-0.3, -0.25) is 4.68 Å². The molecule has 1 aliphatic rings. The Balaban J connectivity index is 1.71. The van der Waals surface area contributed by atoms with E-state index < -0.39 is 15.6 Å². The van der Waals surface area contributed by atoms with E-state index in [9.17, 15) is 13.7 Å². The molecule has 10 heteroatoms. The van der Waals surface area contributed by atoms with Gasteiger partial charge in [-0.1, -0.05) is 0 Å². The van der Waals surface area contributed by atoms with Gasteiger partial charge in [-0.05, 0) is 33.8 Å². The van der Waals surface area contributed by atoms with Crippen molar-refractivity contribution in [3.05, 3.63) is 31.0 Å². The molecule has 3 aromatic rings. The lowest BCUT2D eigenvalue weighted by atomic mass is 9.89. The first-order valence-corrected chi connectivity index (χ1v) is 11.4. The molecule has 1 saturated heterocycles. The van der Waals surface area contributed by atoms with Crippen molar-refractivity contribution in [3.63, 3.8) is 0 Å². The number of rotatable bonds is 5. The molecule has 1 aliphatic heterocycles. The van der Waals surface area contributed by atoms with Crippen LogP contribution in [0.25, 0.3) is 22.3 Å². The van der Waals surface area contributed by atoms with Crippen molar-refractivity contribution in [1.82, 2.24) is 28.6 Å². The van der Waals surface area contributed by atoms with Gasteiger partial charge in [0, 0.05) is 42.0 Å². The molecule has 0 aromatic carbocycles. The zero-order valence-corrected chi connectivity index (χ0v) is 18.4. The second kappa shape index (κ2) is 6.89. The Morgan fingerprint density at radius 2 is 2.00 bits per heavy atom. The van der Waals surface area contributed by atoms with Crippen LogP contribution in [0.1, 0.15) is 34.1 Å². The topological polar surface area (TPSA) is 110 Å². The van der Waals surface area contributed by atoms with Crippen LogP contribution in [-0.2, 0) is 21.1 Å². The molecule has 0 aliphatic carbocycles. The van der Waals surface area contributed by atoms with Gasteiger partial charge in [0.15, 0.2) is 0 Å². The number of hydrogen-bond donors (Lipinski definition) is 0. The number of aromatic nitrogens is 5. The van der Waals surface area contributed by atoms with Crippen LogP contribution in [0.15, 0.2) is 31.0 Å². The Hall–Kier alpha value is -2.77. The highest BCUT2D eigenvalue weighted by Gasteiger charge is 2.49. The Kier molecular flexibility index (Phi) is 4.71. The van der Waals surface area contributed by atoms with E-state index in [1.165, 1.54) is 4.31 Å². The first-order valence-electron chi connectivity index (χ1n) is 9.84. The standard InChI is InChI=1S/C20H25N7O2S/c1-5-30(28,29)25-12-20(13-25,7-8-21)27-11-15(10-24-27)17-16-6-9-26(19(2,3)4)18(16)23-14-22-17/h6,9-11,14H,5,7,12-13H2,1-4H3. The third kappa shape index (κ3) is 3.18. The van der Waals surface area contributed by atoms with Crippen molar-refractivity contribution in [2.24, 2.45) is 0 Å². The van der Waals surface area contributed by atoms with Crippen molar-refractivity contribution < 1.29 is 8.42 Å². The predicted molar refractivity (Wildman–Crippen MR) is 113 cm³/mol. The SMILES string of the molecule is CCS(=O)(=O)N1CC(CC#N)(n2cc(-c3ncnc4c3ccn4C(C)(C)C)cn2)C1. The van der Waals surface area contributed by atoms with Crippen molar-refractivity contribution in [1.29, 1.82) is 5.26 Å². The molecule has 0 N–H and O–H groups in total. The number of sulfonamides is 1. The minimum absolute atomic E-state index is 0.0453. The summed E-state index contributed by atoms with van der Waals surface area (Å²) in [7, 11) is -3.28. The molecule has 1 fully saturated rings. The van der Waals surface area contributed by atoms with Gasteiger partial charge in [0.25, 0.3) is 0 Å². The summed E-state index contributed by atoms with van der Waals surface area (Å²) in [4.78, 5) is 8.94. The van der Waals surface area contributed by atoms with Crippen LogP contribution in [0.4, 0.5) is 0 Å². The summed E-state index contributed by atoms with van der Waals surface area (Å²) in [6.07, 6.45) is 7.30. The molecule has 0 radical (unpaired) electrons. The normalized spacial score (nSPS) is 17.0. The van der Waals surface area contributed by atoms with Gasteiger partial charge < -0.3 is 4.57 Å². The highest BCUT2D eigenvalue weighted by molar-refractivity contribution is 7.89. The van der Waals surface area contributed by atoms with E-state index in [2.05, 4.69) is 46.5 Å². The summed E-state index contributed by atoms with van der Waals surface area (Å²) < 4.78 is 29.6. The van der Waals surface area contributed by atoms with Crippen molar-refractivity contribution >= 4 is 21.1 Å². The van der Waals surface area contributed by atoms with Crippen molar-refractivity contribution in [2.45, 2.75) is 45.2 Å². The highest BCUT2D eigenvalue weighted by atomic mass is 32.2. The number of hydrogen-bond acceptors (Lipinski definition) is 6. The maximum absolute atomic E-state index is 12.2. The lowest BCUT2D eigenvalue weighted by molar-refractivity contribution is 0.0719. The van der Waals surface area contributed by atoms with Crippen molar-refractivity contribution in [2.75, 3.05) is 18.8 Å². The molecule has 0 atom stereocenters. The van der Waals surface area contributed by atoms with Crippen LogP contribution in [0.2, 0.25) is 0 Å². The molecule has 0 spiro atoms. The van der Waals surface area contributed by atoms with Crippen LogP contribution in [0.5, 0.6) is 0 Å². The van der Waals surface area contributed by atoms with Gasteiger partial charge in [0.05, 0.1) is 30.1 Å². The Morgan fingerprint density at radius 3 is 2.63 bits per heavy atom. The van der Waals surface area contributed by atoms with Crippen LogP contribution in [0, 0.1) is 11.3 Å². The zero-order chi connectivity index (χ0) is 21.7. The summed E-state index contributed by atoms with van der Waals surface area (Å²) in [5.74, 6) is 0.0453. The fourth-order valence-corrected chi connectivity index (χ4v) is 5.14. The number of nitriles is 1. The summed E-state index contributed by atoms with van der Waals surface area (Å²) in [5.41, 5.74) is 1.64. The lowest BCUT2D eigenvalue weighted by Crippen LogP contribution is -2.64. The highest BCUT2D eigenvalue weighted by Crippen LogP contribution is 2.36. The Morgan fingerprint density at radius 1 is 1.27 bits per heavy atom. The molecule has 0 saturated carbocycles. The van der Waals surface area contributed by atoms with E-state index in [1.807, 2.05) is 18.5 Å². The molecular formula is C20H25N7O2S. The summed E-state index contributed by atoms with van der Waals surface area (Å²) >= 11 is 0. The smallest absolute Gasteiger partial charge is 0.213 e. The van der Waals surface area contributed by atoms with Gasteiger partial charge in [-0.25, -0.2) is 18.4 Å². The van der Waals surface area contributed by atoms with Crippen LogP contribution in [-0.4, -0.2) is 55.9 Å². The average molecular weight is 428 g/mol. The first-order chi connectivity index (χ1) is 14.1. The monoisotopic (exact) mass is 427 g/mol. The third-order valence-electron chi connectivity index (χ3n) is 5.65. The van der Waals surface area contributed by atoms with E-state index >= 15 is 0 Å². The fraction of sp³-hybridized carbons (Fsp3) is 0.500. The largest absolute Gasteiger partial charge is 0.327 e. The number of fused-ring (bicyclic) bond motifs is 1. The Labute approximate surface area is 176 Å². The van der Waals surface area contributed by atoms with Gasteiger partial charge in [0.1, 0.15) is 17.5 Å². The second-order valence-electron chi connectivity index (χ2n) is 8.72. The predicted octanol–water partition coefficient (Wildman–Crippen LogP) is 2.32. The van der Waals surface area contributed by atoms with E-state index in [0.29, 0.717) is 0 Å². The maximum Gasteiger partial charge on any atom is 0.213 e. The van der Waals surface area contributed by atoms with Gasteiger partial charge >= 0.3 is 0 Å². The minimum Gasteiger partial charge on any atom is -0.327 e. The molecule has 3 aromatic heterocycles. The molecule has 0 amide bonds. The third-order valence-corrected chi connectivity index (χ3v) is 7.43. The maximum atomic E-state index is 12.2. The molecule has 158 valence electrons. The van der Waals surface area contributed by atoms with Crippen LogP contribution < -0.4 is 0 Å². The molecule has 4 rings (SSSR count). The fourth-order valence-electron chi connectivity index (χ4n) is 3.90. The second-order valence-corrected chi connectivity index (χ2v) is 11.0. The molecule has 0 bridgehead atoms. The quantitative estimate of drug-likeness (QED) is 0.618. The van der Waals surface area contributed by atoms with E-state index in [1.54, 1.807) is 24.1 Å². The van der Waals surface area contributed by atoms with Crippen LogP contribution in [0.3, 0.4) is 0 Å². The van der Waals surface area contributed by atoms with E-state index in [0.717, 1.165) is 22.3 Å². The summed E-state index contributed by atoms with van der Waals surface area (Å²) in [6.45, 7) is 8.46. The molecule has 4 heterocycles.